The molecule has 1 heterocycles. The molecule has 9 nitrogen and oxygen atoms in total. The molecule has 1 aliphatic rings. The van der Waals surface area contributed by atoms with Crippen LogP contribution in [0.5, 0.6) is 11.5 Å². The third kappa shape index (κ3) is 8.75. The van der Waals surface area contributed by atoms with Gasteiger partial charge in [0.2, 0.25) is 0 Å². The highest BCUT2D eigenvalue weighted by Gasteiger charge is 2.32. The predicted octanol–water partition coefficient (Wildman–Crippen LogP) is 8.64. The molecular formula is C46H48ClN3O6. The maximum Gasteiger partial charge on any atom is 0.311 e. The van der Waals surface area contributed by atoms with Crippen LogP contribution in [-0.4, -0.2) is 58.0 Å². The Morgan fingerprint density at radius 3 is 2.41 bits per heavy atom. The maximum absolute atomic E-state index is 11.9. The highest BCUT2D eigenvalue weighted by atomic mass is 35.5. The van der Waals surface area contributed by atoms with Crippen molar-refractivity contribution in [1.82, 2.24) is 9.88 Å². The highest BCUT2D eigenvalue weighted by molar-refractivity contribution is 6.32. The third-order valence-electron chi connectivity index (χ3n) is 11.2. The lowest BCUT2D eigenvalue weighted by Crippen LogP contribution is -2.32. The van der Waals surface area contributed by atoms with Crippen molar-refractivity contribution in [1.29, 1.82) is 5.26 Å². The van der Waals surface area contributed by atoms with Gasteiger partial charge in [0.15, 0.2) is 0 Å². The standard InChI is InChI=1S/C46H48ClN3O6/c1-29-36(7-5-9-38(29)39-10-6-8-37(30(39)2)33-11-13-40-34(20-33)12-14-42(40)50(4)17-18-51)27-56-44-22-43(55-26-32-19-31(23-48)24-49-25-32)35(21-41(44)47)15-16-46(3,28-52)45(53)54/h5-11,13,19-22,24-25,42,51-52H,12,14-18,26-28H2,1-4H3,(H,53,54)/t42?,46-/m0/s1. The van der Waals surface area contributed by atoms with Gasteiger partial charge in [-0.15, -0.1) is 0 Å². The molecule has 1 unspecified atom stereocenters. The quantitative estimate of drug-likeness (QED) is 0.0900. The number of halogens is 1. The molecule has 3 N–H and O–H groups in total. The fourth-order valence-corrected chi connectivity index (χ4v) is 7.77. The van der Waals surface area contributed by atoms with Crippen LogP contribution in [0.3, 0.4) is 0 Å². The SMILES string of the molecule is Cc1c(COc2cc(OCc3cncc(C#N)c3)c(CC[C@@](C)(CO)C(=O)O)cc2Cl)cccc1-c1cccc(-c2ccc3c(c2)CCC3N(C)CCO)c1C. The summed E-state index contributed by atoms with van der Waals surface area (Å²) in [5, 5.41) is 38.7. The van der Waals surface area contributed by atoms with Gasteiger partial charge in [-0.2, -0.15) is 5.26 Å². The van der Waals surface area contributed by atoms with Gasteiger partial charge < -0.3 is 24.8 Å². The Morgan fingerprint density at radius 1 is 0.946 bits per heavy atom. The molecule has 4 aromatic carbocycles. The van der Waals surface area contributed by atoms with E-state index in [4.69, 9.17) is 21.1 Å². The summed E-state index contributed by atoms with van der Waals surface area (Å²) in [5.41, 5.74) is 11.1. The smallest absolute Gasteiger partial charge is 0.311 e. The van der Waals surface area contributed by atoms with Crippen molar-refractivity contribution in [2.45, 2.75) is 65.7 Å². The molecule has 6 rings (SSSR count). The van der Waals surface area contributed by atoms with Crippen molar-refractivity contribution >= 4 is 17.6 Å². The fraction of sp³-hybridized carbons (Fsp3) is 0.326. The third-order valence-corrected chi connectivity index (χ3v) is 11.5. The first kappa shape index (κ1) is 40.4. The van der Waals surface area contributed by atoms with Crippen LogP contribution in [0.15, 0.2) is 85.2 Å². The van der Waals surface area contributed by atoms with Crippen LogP contribution in [0.25, 0.3) is 22.3 Å². The lowest BCUT2D eigenvalue weighted by atomic mass is 9.85. The van der Waals surface area contributed by atoms with Crippen molar-refractivity contribution < 1.29 is 29.6 Å². The zero-order chi connectivity index (χ0) is 40.0. The number of aryl methyl sites for hydroxylation is 2. The van der Waals surface area contributed by atoms with Crippen LogP contribution in [0.1, 0.15) is 70.3 Å². The van der Waals surface area contributed by atoms with E-state index < -0.39 is 18.0 Å². The van der Waals surface area contributed by atoms with E-state index in [1.165, 1.54) is 40.9 Å². The Labute approximate surface area is 333 Å². The van der Waals surface area contributed by atoms with Gasteiger partial charge in [-0.05, 0) is 121 Å². The number of hydrogen-bond acceptors (Lipinski definition) is 8. The van der Waals surface area contributed by atoms with Crippen LogP contribution in [0, 0.1) is 30.6 Å². The lowest BCUT2D eigenvalue weighted by Gasteiger charge is -2.24. The number of carboxylic acids is 1. The van der Waals surface area contributed by atoms with Crippen LogP contribution in [0.4, 0.5) is 0 Å². The van der Waals surface area contributed by atoms with Crippen LogP contribution in [-0.2, 0) is 30.8 Å². The first-order chi connectivity index (χ1) is 27.0. The molecule has 1 aromatic heterocycles. The summed E-state index contributed by atoms with van der Waals surface area (Å²) in [4.78, 5) is 18.3. The van der Waals surface area contributed by atoms with E-state index in [9.17, 15) is 25.4 Å². The van der Waals surface area contributed by atoms with Gasteiger partial charge in [-0.3, -0.25) is 14.7 Å². The van der Waals surface area contributed by atoms with Crippen molar-refractivity contribution in [3.63, 3.8) is 0 Å². The average Bonchev–Trinajstić information content (AvgIpc) is 3.63. The number of nitriles is 1. The second kappa shape index (κ2) is 17.7. The molecule has 0 fully saturated rings. The highest BCUT2D eigenvalue weighted by Crippen LogP contribution is 2.41. The monoisotopic (exact) mass is 773 g/mol. The van der Waals surface area contributed by atoms with Crippen molar-refractivity contribution in [2.75, 3.05) is 26.8 Å². The Balaban J connectivity index is 1.24. The molecule has 0 bridgehead atoms. The molecule has 2 atom stereocenters. The number of aliphatic carboxylic acids is 1. The molecule has 5 aromatic rings. The van der Waals surface area contributed by atoms with Crippen molar-refractivity contribution in [3.8, 4) is 39.8 Å². The number of rotatable bonds is 16. The number of aliphatic hydroxyl groups excluding tert-OH is 2. The summed E-state index contributed by atoms with van der Waals surface area (Å²) in [6, 6.07) is 27.0. The van der Waals surface area contributed by atoms with E-state index in [-0.39, 0.29) is 32.7 Å². The van der Waals surface area contributed by atoms with Crippen molar-refractivity contribution in [3.05, 3.63) is 135 Å². The minimum Gasteiger partial charge on any atom is -0.488 e. The number of carboxylic acid groups (broad SMARTS) is 1. The number of pyridine rings is 1. The Kier molecular flexibility index (Phi) is 12.8. The van der Waals surface area contributed by atoms with E-state index >= 15 is 0 Å². The average molecular weight is 774 g/mol. The number of likely N-dealkylation sites (N-methyl/N-ethyl adjacent to an activating group) is 1. The zero-order valence-electron chi connectivity index (χ0n) is 32.3. The number of hydrogen-bond donors (Lipinski definition) is 3. The molecule has 0 radical (unpaired) electrons. The molecule has 0 spiro atoms. The van der Waals surface area contributed by atoms with Gasteiger partial charge in [-0.1, -0.05) is 66.2 Å². The summed E-state index contributed by atoms with van der Waals surface area (Å²) in [7, 11) is 2.08. The number of aromatic nitrogens is 1. The molecule has 0 amide bonds. The minimum atomic E-state index is -1.34. The normalized spacial score (nSPS) is 14.6. The van der Waals surface area contributed by atoms with E-state index in [0.717, 1.165) is 35.1 Å². The van der Waals surface area contributed by atoms with E-state index in [0.29, 0.717) is 45.8 Å². The first-order valence-corrected chi connectivity index (χ1v) is 19.2. The van der Waals surface area contributed by atoms with Crippen LogP contribution in [0.2, 0.25) is 5.02 Å². The molecule has 0 aliphatic heterocycles. The largest absolute Gasteiger partial charge is 0.488 e. The second-order valence-corrected chi connectivity index (χ2v) is 15.3. The predicted molar refractivity (Wildman–Crippen MR) is 218 cm³/mol. The molecule has 290 valence electrons. The molecule has 56 heavy (non-hydrogen) atoms. The summed E-state index contributed by atoms with van der Waals surface area (Å²) >= 11 is 6.80. The van der Waals surface area contributed by atoms with Crippen LogP contribution < -0.4 is 9.47 Å². The zero-order valence-corrected chi connectivity index (χ0v) is 33.1. The summed E-state index contributed by atoms with van der Waals surface area (Å²) < 4.78 is 12.6. The van der Waals surface area contributed by atoms with Crippen molar-refractivity contribution in [2.24, 2.45) is 5.41 Å². The first-order valence-electron chi connectivity index (χ1n) is 18.9. The Bertz CT molecular complexity index is 2270. The topological polar surface area (TPSA) is 136 Å². The second-order valence-electron chi connectivity index (χ2n) is 14.9. The number of fused-ring (bicyclic) bond motifs is 1. The molecule has 0 saturated heterocycles. The Morgan fingerprint density at radius 2 is 1.68 bits per heavy atom. The molecule has 1 aliphatic carbocycles. The van der Waals surface area contributed by atoms with Crippen LogP contribution >= 0.6 is 11.6 Å². The van der Waals surface area contributed by atoms with Gasteiger partial charge in [0.25, 0.3) is 0 Å². The van der Waals surface area contributed by atoms with Gasteiger partial charge in [0.05, 0.1) is 29.2 Å². The number of benzene rings is 4. The minimum absolute atomic E-state index is 0.111. The molecule has 10 heteroatoms. The Hall–Kier alpha value is -5.24. The summed E-state index contributed by atoms with van der Waals surface area (Å²) in [6.07, 6.45) is 5.60. The van der Waals surface area contributed by atoms with Gasteiger partial charge >= 0.3 is 5.97 Å². The van der Waals surface area contributed by atoms with Gasteiger partial charge in [0.1, 0.15) is 30.8 Å². The summed E-state index contributed by atoms with van der Waals surface area (Å²) in [5.74, 6) is -0.232. The fourth-order valence-electron chi connectivity index (χ4n) is 7.53. The summed E-state index contributed by atoms with van der Waals surface area (Å²) in [6.45, 7) is 6.43. The van der Waals surface area contributed by atoms with E-state index in [2.05, 4.69) is 79.3 Å². The van der Waals surface area contributed by atoms with E-state index in [1.54, 1.807) is 24.4 Å². The van der Waals surface area contributed by atoms with Gasteiger partial charge in [-0.25, -0.2) is 0 Å². The molecule has 0 saturated carbocycles. The molecular weight excluding hydrogens is 726 g/mol. The lowest BCUT2D eigenvalue weighted by molar-refractivity contribution is -0.150. The number of nitrogens with zero attached hydrogens (tertiary/aromatic N) is 3. The number of ether oxygens (including phenoxy) is 2. The number of aliphatic hydroxyl groups is 2. The number of carbonyl (C=O) groups is 1. The maximum atomic E-state index is 11.9. The van der Waals surface area contributed by atoms with Gasteiger partial charge in [0, 0.05) is 36.6 Å². The van der Waals surface area contributed by atoms with E-state index in [1.807, 2.05) is 12.1 Å².